The fourth-order valence-electron chi connectivity index (χ4n) is 7.90. The van der Waals surface area contributed by atoms with Crippen molar-refractivity contribution >= 4 is 57.7 Å². The van der Waals surface area contributed by atoms with Crippen molar-refractivity contribution in [2.45, 2.75) is 103 Å². The van der Waals surface area contributed by atoms with Crippen molar-refractivity contribution in [3.63, 3.8) is 0 Å². The summed E-state index contributed by atoms with van der Waals surface area (Å²) in [6.45, 7) is 14.2. The summed E-state index contributed by atoms with van der Waals surface area (Å²) in [6, 6.07) is 32.2. The zero-order valence-corrected chi connectivity index (χ0v) is 39.1. The van der Waals surface area contributed by atoms with Crippen molar-refractivity contribution in [1.29, 1.82) is 0 Å². The van der Waals surface area contributed by atoms with E-state index in [0.717, 1.165) is 112 Å². The molecule has 12 nitrogen and oxygen atoms in total. The Bertz CT molecular complexity index is 1800. The van der Waals surface area contributed by atoms with Gasteiger partial charge in [-0.3, -0.25) is 0 Å². The SMILES string of the molecule is CCCC1CN(CCCNc2ccc(CC(OCC)C(=O)[O-])cc2)c2ccccc2O1.CCCC1CN(CCCNc2ccc(CC(OCC)C(=O)[O-])cc2)c2ccccc2O1.[Mg+2]. The summed E-state index contributed by atoms with van der Waals surface area (Å²) in [5, 5.41) is 29.2. The summed E-state index contributed by atoms with van der Waals surface area (Å²) in [6.07, 6.45) is 5.70. The Morgan fingerprint density at radius 3 is 1.35 bits per heavy atom. The molecule has 0 saturated carbocycles. The summed E-state index contributed by atoms with van der Waals surface area (Å²) >= 11 is 0. The van der Waals surface area contributed by atoms with Crippen LogP contribution in [0.4, 0.5) is 22.7 Å². The van der Waals surface area contributed by atoms with Crippen molar-refractivity contribution in [3.8, 4) is 11.5 Å². The second-order valence-electron chi connectivity index (χ2n) is 15.8. The van der Waals surface area contributed by atoms with Crippen LogP contribution in [0, 0.1) is 0 Å². The molecule has 4 atom stereocenters. The van der Waals surface area contributed by atoms with Crippen LogP contribution in [-0.2, 0) is 31.9 Å². The molecule has 2 heterocycles. The Morgan fingerprint density at radius 2 is 1.00 bits per heavy atom. The average molecular weight is 875 g/mol. The second-order valence-corrected chi connectivity index (χ2v) is 15.8. The first-order chi connectivity index (χ1) is 30.2. The van der Waals surface area contributed by atoms with Crippen LogP contribution in [0.25, 0.3) is 0 Å². The Labute approximate surface area is 390 Å². The Kier molecular flexibility index (Phi) is 22.2. The average Bonchev–Trinajstić information content (AvgIpc) is 3.27. The number of anilines is 4. The largest absolute Gasteiger partial charge is 2.00 e. The van der Waals surface area contributed by atoms with Crippen LogP contribution < -0.4 is 40.1 Å². The Hall–Kier alpha value is -4.69. The van der Waals surface area contributed by atoms with Gasteiger partial charge in [0, 0.05) is 63.6 Å². The minimum absolute atomic E-state index is 0. The number of carbonyl (C=O) groups is 2. The third-order valence-electron chi connectivity index (χ3n) is 10.9. The van der Waals surface area contributed by atoms with E-state index in [9.17, 15) is 19.8 Å². The van der Waals surface area contributed by atoms with Gasteiger partial charge < -0.3 is 59.2 Å². The van der Waals surface area contributed by atoms with Gasteiger partial charge >= 0.3 is 23.1 Å². The van der Waals surface area contributed by atoms with Crippen molar-refractivity contribution in [2.24, 2.45) is 0 Å². The number of para-hydroxylation sites is 4. The summed E-state index contributed by atoms with van der Waals surface area (Å²) in [7, 11) is 0. The third kappa shape index (κ3) is 16.4. The molecular weight excluding hydrogens is 809 g/mol. The van der Waals surface area contributed by atoms with Crippen molar-refractivity contribution in [3.05, 3.63) is 108 Å². The molecule has 0 bridgehead atoms. The van der Waals surface area contributed by atoms with Gasteiger partial charge in [0.25, 0.3) is 0 Å². The molecular formula is C50H66MgN4O8. The number of aliphatic carboxylic acids is 2. The number of fused-ring (bicyclic) bond motifs is 2. The zero-order chi connectivity index (χ0) is 44.1. The standard InChI is InChI=1S/2C25H34N2O4.Mg/c2*1-3-8-21-18-27(22-9-5-6-10-23(22)31-21)16-7-15-26-20-13-11-19(12-14-20)17-24(25(28)29)30-4-2;/h2*5-6,9-14,21,24,26H,3-4,7-8,15-18H2,1-2H3,(H,28,29);/q;;+2/p-2. The zero-order valence-electron chi connectivity index (χ0n) is 37.7. The van der Waals surface area contributed by atoms with E-state index in [0.29, 0.717) is 26.1 Å². The van der Waals surface area contributed by atoms with E-state index in [4.69, 9.17) is 18.9 Å². The van der Waals surface area contributed by atoms with E-state index in [1.54, 1.807) is 13.8 Å². The topological polar surface area (TPSA) is 148 Å². The number of carboxylic acid groups (broad SMARTS) is 2. The number of carbonyl (C=O) groups excluding carboxylic acids is 2. The second kappa shape index (κ2) is 27.5. The minimum Gasteiger partial charge on any atom is -0.547 e. The number of benzene rings is 4. The molecule has 0 saturated heterocycles. The molecule has 0 amide bonds. The molecule has 6 rings (SSSR count). The molecule has 2 aliphatic heterocycles. The van der Waals surface area contributed by atoms with Gasteiger partial charge in [0.2, 0.25) is 0 Å². The van der Waals surface area contributed by atoms with Crippen LogP contribution in [0.2, 0.25) is 0 Å². The molecule has 4 unspecified atom stereocenters. The van der Waals surface area contributed by atoms with E-state index in [2.05, 4.69) is 70.7 Å². The summed E-state index contributed by atoms with van der Waals surface area (Å²) in [5.74, 6) is -0.375. The molecule has 4 aromatic rings. The van der Waals surface area contributed by atoms with Crippen molar-refractivity contribution in [1.82, 2.24) is 0 Å². The number of rotatable bonds is 24. The smallest absolute Gasteiger partial charge is 0.547 e. The predicted molar refractivity (Wildman–Crippen MR) is 249 cm³/mol. The molecule has 0 aliphatic carbocycles. The van der Waals surface area contributed by atoms with Gasteiger partial charge in [-0.05, 0) is 99.2 Å². The van der Waals surface area contributed by atoms with E-state index in [1.807, 2.05) is 60.7 Å². The molecule has 0 aromatic heterocycles. The molecule has 13 heteroatoms. The molecule has 0 spiro atoms. The van der Waals surface area contributed by atoms with E-state index >= 15 is 0 Å². The number of hydrogen-bond acceptors (Lipinski definition) is 12. The van der Waals surface area contributed by atoms with Crippen molar-refractivity contribution in [2.75, 3.05) is 72.9 Å². The van der Waals surface area contributed by atoms with Gasteiger partial charge in [-0.25, -0.2) is 0 Å². The predicted octanol–water partition coefficient (Wildman–Crippen LogP) is 6.13. The first-order valence-corrected chi connectivity index (χ1v) is 22.5. The molecule has 2 N–H and O–H groups in total. The number of carboxylic acids is 2. The normalized spacial score (nSPS) is 16.1. The Balaban J connectivity index is 0.000000272. The van der Waals surface area contributed by atoms with E-state index in [-0.39, 0.29) is 35.3 Å². The fraction of sp³-hybridized carbons (Fsp3) is 0.480. The van der Waals surface area contributed by atoms with Crippen LogP contribution in [-0.4, -0.2) is 112 Å². The maximum Gasteiger partial charge on any atom is 2.00 e. The molecule has 0 radical (unpaired) electrons. The van der Waals surface area contributed by atoms with Crippen molar-refractivity contribution < 1.29 is 38.7 Å². The van der Waals surface area contributed by atoms with Crippen LogP contribution >= 0.6 is 0 Å². The molecule has 63 heavy (non-hydrogen) atoms. The fourth-order valence-corrected chi connectivity index (χ4v) is 7.90. The first-order valence-electron chi connectivity index (χ1n) is 22.5. The third-order valence-corrected chi connectivity index (χ3v) is 10.9. The van der Waals surface area contributed by atoms with Crippen LogP contribution in [0.5, 0.6) is 11.5 Å². The number of hydrogen-bond donors (Lipinski definition) is 2. The van der Waals surface area contributed by atoms with Gasteiger partial charge in [-0.15, -0.1) is 0 Å². The number of nitrogens with zero attached hydrogens (tertiary/aromatic N) is 2. The number of nitrogens with one attached hydrogen (secondary N) is 2. The minimum atomic E-state index is -1.17. The molecule has 0 fully saturated rings. The van der Waals surface area contributed by atoms with Gasteiger partial charge in [0.05, 0.1) is 36.4 Å². The van der Waals surface area contributed by atoms with Gasteiger partial charge in [-0.1, -0.05) is 75.2 Å². The maximum absolute atomic E-state index is 11.1. The van der Waals surface area contributed by atoms with Crippen LogP contribution in [0.15, 0.2) is 97.1 Å². The molecule has 2 aliphatic rings. The molecule has 336 valence electrons. The summed E-state index contributed by atoms with van der Waals surface area (Å²) in [5.41, 5.74) is 6.24. The number of ether oxygens (including phenoxy) is 4. The monoisotopic (exact) mass is 874 g/mol. The van der Waals surface area contributed by atoms with E-state index < -0.39 is 24.1 Å². The van der Waals surface area contributed by atoms with Gasteiger partial charge in [-0.2, -0.15) is 0 Å². The summed E-state index contributed by atoms with van der Waals surface area (Å²) in [4.78, 5) is 27.1. The van der Waals surface area contributed by atoms with Gasteiger partial charge in [0.1, 0.15) is 35.9 Å². The quantitative estimate of drug-likeness (QED) is 0.0617. The van der Waals surface area contributed by atoms with E-state index in [1.165, 1.54) is 11.4 Å². The maximum atomic E-state index is 11.1. The van der Waals surface area contributed by atoms with Gasteiger partial charge in [0.15, 0.2) is 0 Å². The first kappa shape index (κ1) is 50.9. The van der Waals surface area contributed by atoms with Crippen LogP contribution in [0.1, 0.15) is 77.3 Å². The van der Waals surface area contributed by atoms with Crippen LogP contribution in [0.3, 0.4) is 0 Å². The molecule has 4 aromatic carbocycles. The Morgan fingerprint density at radius 1 is 0.619 bits per heavy atom. The summed E-state index contributed by atoms with van der Waals surface area (Å²) < 4.78 is 22.7.